The zero-order valence-electron chi connectivity index (χ0n) is 4.68. The summed E-state index contributed by atoms with van der Waals surface area (Å²) in [5.41, 5.74) is 0. The highest BCUT2D eigenvalue weighted by atomic mass is 16.4. The Morgan fingerprint density at radius 3 is 1.86 bits per heavy atom. The van der Waals surface area contributed by atoms with Gasteiger partial charge in [0.1, 0.15) is 0 Å². The molecule has 0 saturated carbocycles. The molecule has 0 bridgehead atoms. The van der Waals surface area contributed by atoms with Crippen molar-refractivity contribution in [1.29, 1.82) is 0 Å². The van der Waals surface area contributed by atoms with Crippen LogP contribution in [0.5, 0.6) is 0 Å². The molecule has 42 valence electrons. The van der Waals surface area contributed by atoms with Crippen molar-refractivity contribution >= 4 is 7.12 Å². The molecule has 0 aromatic heterocycles. The lowest BCUT2D eigenvalue weighted by Gasteiger charge is -2.27. The van der Waals surface area contributed by atoms with Gasteiger partial charge in [-0.05, 0) is 0 Å². The zero-order valence-corrected chi connectivity index (χ0v) is 4.68. The second-order valence-electron chi connectivity index (χ2n) is 2.06. The SMILES string of the molecule is CC(C)CB([O-])[O-]. The summed E-state index contributed by atoms with van der Waals surface area (Å²) in [6.45, 7) is 3.73. The summed E-state index contributed by atoms with van der Waals surface area (Å²) < 4.78 is 0. The van der Waals surface area contributed by atoms with Gasteiger partial charge in [-0.25, -0.2) is 0 Å². The van der Waals surface area contributed by atoms with Gasteiger partial charge in [-0.15, -0.1) is 13.4 Å². The lowest BCUT2D eigenvalue weighted by atomic mass is 9.80. The molecule has 0 spiro atoms. The third-order valence-electron chi connectivity index (χ3n) is 0.664. The average molecular weight is 99.9 g/mol. The van der Waals surface area contributed by atoms with E-state index in [-0.39, 0.29) is 12.2 Å². The van der Waals surface area contributed by atoms with Crippen LogP contribution in [0, 0.1) is 5.92 Å². The van der Waals surface area contributed by atoms with Crippen LogP contribution >= 0.6 is 0 Å². The highest BCUT2D eigenvalue weighted by Gasteiger charge is 1.85. The van der Waals surface area contributed by atoms with Gasteiger partial charge in [-0.2, -0.15) is 0 Å². The van der Waals surface area contributed by atoms with Crippen LogP contribution in [0.3, 0.4) is 0 Å². The number of rotatable bonds is 2. The van der Waals surface area contributed by atoms with E-state index in [9.17, 15) is 10.0 Å². The second-order valence-corrected chi connectivity index (χ2v) is 2.06. The Labute approximate surface area is 44.3 Å². The first-order valence-electron chi connectivity index (χ1n) is 2.44. The van der Waals surface area contributed by atoms with E-state index in [1.54, 1.807) is 0 Å². The Morgan fingerprint density at radius 1 is 1.43 bits per heavy atom. The maximum atomic E-state index is 9.78. The first kappa shape index (κ1) is 6.98. The van der Waals surface area contributed by atoms with Crippen molar-refractivity contribution in [3.8, 4) is 0 Å². The Bertz CT molecular complexity index is 39.0. The Hall–Kier alpha value is -0.0151. The van der Waals surface area contributed by atoms with Crippen LogP contribution in [-0.4, -0.2) is 7.12 Å². The van der Waals surface area contributed by atoms with Crippen LogP contribution in [0.15, 0.2) is 0 Å². The summed E-state index contributed by atoms with van der Waals surface area (Å²) in [5.74, 6) is 0.250. The first-order chi connectivity index (χ1) is 3.13. The molecule has 0 heterocycles. The summed E-state index contributed by atoms with van der Waals surface area (Å²) in [4.78, 5) is 0. The zero-order chi connectivity index (χ0) is 5.86. The Kier molecular flexibility index (Phi) is 3.04. The van der Waals surface area contributed by atoms with E-state index in [1.807, 2.05) is 13.8 Å². The topological polar surface area (TPSA) is 46.1 Å². The van der Waals surface area contributed by atoms with Crippen molar-refractivity contribution in [1.82, 2.24) is 0 Å². The first-order valence-corrected chi connectivity index (χ1v) is 2.44. The van der Waals surface area contributed by atoms with E-state index in [2.05, 4.69) is 0 Å². The molecule has 0 aliphatic heterocycles. The molecule has 0 aromatic rings. The fourth-order valence-electron chi connectivity index (χ4n) is 0.385. The molecule has 3 heteroatoms. The minimum absolute atomic E-state index is 0.250. The van der Waals surface area contributed by atoms with Gasteiger partial charge in [-0.3, -0.25) is 0 Å². The normalized spacial score (nSPS) is 9.86. The second kappa shape index (κ2) is 3.05. The summed E-state index contributed by atoms with van der Waals surface area (Å²) in [6, 6.07) is 0. The quantitative estimate of drug-likeness (QED) is 0.411. The monoisotopic (exact) mass is 100 g/mol. The molecule has 0 aromatic carbocycles. The molecule has 0 fully saturated rings. The molecule has 0 unspecified atom stereocenters. The van der Waals surface area contributed by atoms with Gasteiger partial charge in [0, 0.05) is 0 Å². The smallest absolute Gasteiger partial charge is 0.0568 e. The summed E-state index contributed by atoms with van der Waals surface area (Å²) in [5, 5.41) is 19.6. The molecule has 7 heavy (non-hydrogen) atoms. The summed E-state index contributed by atoms with van der Waals surface area (Å²) in [6.07, 6.45) is 0.250. The highest BCUT2D eigenvalue weighted by molar-refractivity contribution is 6.36. The molecular weight excluding hydrogens is 90.9 g/mol. The van der Waals surface area contributed by atoms with Gasteiger partial charge in [-0.1, -0.05) is 19.8 Å². The van der Waals surface area contributed by atoms with E-state index in [0.29, 0.717) is 0 Å². The maximum absolute atomic E-state index is 9.78. The minimum Gasteiger partial charge on any atom is -0.893 e. The van der Waals surface area contributed by atoms with Crippen LogP contribution in [-0.2, 0) is 0 Å². The van der Waals surface area contributed by atoms with Crippen LogP contribution < -0.4 is 10.0 Å². The third-order valence-corrected chi connectivity index (χ3v) is 0.664. The third kappa shape index (κ3) is 5.98. The molecule has 0 atom stereocenters. The maximum Gasteiger partial charge on any atom is -0.0568 e. The van der Waals surface area contributed by atoms with Crippen LogP contribution in [0.25, 0.3) is 0 Å². The van der Waals surface area contributed by atoms with Gasteiger partial charge in [0.05, 0.1) is 0 Å². The van der Waals surface area contributed by atoms with Gasteiger partial charge >= 0.3 is 0 Å². The molecule has 0 rings (SSSR count). The molecule has 0 aliphatic carbocycles. The fourth-order valence-corrected chi connectivity index (χ4v) is 0.385. The molecular formula is C4H9BO2-2. The predicted molar refractivity (Wildman–Crippen MR) is 25.4 cm³/mol. The van der Waals surface area contributed by atoms with Crippen LogP contribution in [0.1, 0.15) is 13.8 Å². The Balaban J connectivity index is 2.95. The average Bonchev–Trinajstić information content (AvgIpc) is 1.27. The summed E-state index contributed by atoms with van der Waals surface area (Å²) in [7, 11) is -1.63. The van der Waals surface area contributed by atoms with E-state index in [4.69, 9.17) is 0 Å². The van der Waals surface area contributed by atoms with Crippen molar-refractivity contribution < 1.29 is 10.0 Å². The lowest BCUT2D eigenvalue weighted by molar-refractivity contribution is -0.349. The van der Waals surface area contributed by atoms with Gasteiger partial charge in [0.2, 0.25) is 0 Å². The largest absolute Gasteiger partial charge is 0.893 e. The molecule has 0 amide bonds. The minimum atomic E-state index is -1.63. The van der Waals surface area contributed by atoms with Crippen molar-refractivity contribution in [3.05, 3.63) is 0 Å². The molecule has 0 radical (unpaired) electrons. The van der Waals surface area contributed by atoms with Crippen LogP contribution in [0.2, 0.25) is 6.32 Å². The van der Waals surface area contributed by atoms with E-state index in [0.717, 1.165) is 0 Å². The Morgan fingerprint density at radius 2 is 1.86 bits per heavy atom. The van der Waals surface area contributed by atoms with E-state index >= 15 is 0 Å². The van der Waals surface area contributed by atoms with Gasteiger partial charge in [0.25, 0.3) is 0 Å². The molecule has 0 aliphatic rings. The predicted octanol–water partition coefficient (Wildman–Crippen LogP) is -1.15. The molecule has 0 N–H and O–H groups in total. The van der Waals surface area contributed by atoms with Gasteiger partial charge < -0.3 is 10.0 Å². The van der Waals surface area contributed by atoms with Crippen molar-refractivity contribution in [2.75, 3.05) is 0 Å². The fraction of sp³-hybridized carbons (Fsp3) is 1.00. The van der Waals surface area contributed by atoms with Crippen molar-refractivity contribution in [2.24, 2.45) is 5.92 Å². The molecule has 2 nitrogen and oxygen atoms in total. The van der Waals surface area contributed by atoms with E-state index in [1.165, 1.54) is 0 Å². The molecule has 0 saturated heterocycles. The van der Waals surface area contributed by atoms with Crippen molar-refractivity contribution in [2.45, 2.75) is 20.2 Å². The lowest BCUT2D eigenvalue weighted by Crippen LogP contribution is -2.45. The number of hydrogen-bond acceptors (Lipinski definition) is 2. The number of hydrogen-bond donors (Lipinski definition) is 0. The highest BCUT2D eigenvalue weighted by Crippen LogP contribution is 1.96. The summed E-state index contributed by atoms with van der Waals surface area (Å²) >= 11 is 0. The van der Waals surface area contributed by atoms with Crippen molar-refractivity contribution in [3.63, 3.8) is 0 Å². The van der Waals surface area contributed by atoms with Crippen LogP contribution in [0.4, 0.5) is 0 Å². The van der Waals surface area contributed by atoms with Gasteiger partial charge in [0.15, 0.2) is 0 Å². The standard InChI is InChI=1S/C4H9BO2/c1-4(2)3-5(6)7/h4H,3H2,1-2H3/q-2. The van der Waals surface area contributed by atoms with E-state index < -0.39 is 7.12 Å².